The smallest absolute Gasteiger partial charge is 0.156 e. The molecule has 3 heteroatoms. The molecule has 4 aliphatic carbocycles. The van der Waals surface area contributed by atoms with Gasteiger partial charge in [0.2, 0.25) is 0 Å². The van der Waals surface area contributed by atoms with Gasteiger partial charge in [-0.2, -0.15) is 0 Å². The summed E-state index contributed by atoms with van der Waals surface area (Å²) in [7, 11) is 0. The molecule has 1 unspecified atom stereocenters. The molecule has 0 heterocycles. The van der Waals surface area contributed by atoms with Crippen molar-refractivity contribution in [3.63, 3.8) is 0 Å². The molecule has 130 valence electrons. The molecule has 0 aliphatic heterocycles. The second-order valence-corrected chi connectivity index (χ2v) is 8.97. The number of fused-ring (bicyclic) bond motifs is 5. The van der Waals surface area contributed by atoms with Gasteiger partial charge in [0.1, 0.15) is 5.78 Å². The Morgan fingerprint density at radius 3 is 2.67 bits per heavy atom. The summed E-state index contributed by atoms with van der Waals surface area (Å²) in [4.78, 5) is 25.1. The lowest BCUT2D eigenvalue weighted by Gasteiger charge is -2.55. The number of ketones is 2. The fourth-order valence-corrected chi connectivity index (χ4v) is 6.53. The molecule has 4 rings (SSSR count). The van der Waals surface area contributed by atoms with Gasteiger partial charge in [-0.3, -0.25) is 9.59 Å². The van der Waals surface area contributed by atoms with Crippen LogP contribution in [0.3, 0.4) is 0 Å². The monoisotopic (exact) mass is 328 g/mol. The molecule has 2 saturated carbocycles. The van der Waals surface area contributed by atoms with Crippen molar-refractivity contribution in [2.24, 2.45) is 34.5 Å². The van der Waals surface area contributed by atoms with E-state index in [2.05, 4.69) is 26.0 Å². The summed E-state index contributed by atoms with van der Waals surface area (Å²) in [6.07, 6.45) is 9.84. The summed E-state index contributed by atoms with van der Waals surface area (Å²) in [5.41, 5.74) is 0.691. The first-order valence-corrected chi connectivity index (χ1v) is 9.43. The van der Waals surface area contributed by atoms with Crippen molar-refractivity contribution in [1.82, 2.24) is 0 Å². The van der Waals surface area contributed by atoms with Gasteiger partial charge in [0.15, 0.2) is 5.78 Å². The first-order chi connectivity index (χ1) is 11.3. The molecule has 0 aromatic rings. The SMILES string of the molecule is CC(O)[C@H]1CC[C@H]2[C@@H]3C=CC4=CC(=O)CC[C@]4(C)[C@H]3CC(=O)[C@]12C. The van der Waals surface area contributed by atoms with Crippen molar-refractivity contribution in [2.75, 3.05) is 0 Å². The van der Waals surface area contributed by atoms with E-state index in [9.17, 15) is 14.7 Å². The molecule has 0 saturated heterocycles. The zero-order valence-electron chi connectivity index (χ0n) is 14.9. The van der Waals surface area contributed by atoms with Crippen molar-refractivity contribution in [2.45, 2.75) is 59.0 Å². The highest BCUT2D eigenvalue weighted by Gasteiger charge is 2.62. The Bertz CT molecular complexity index is 658. The van der Waals surface area contributed by atoms with E-state index in [1.165, 1.54) is 0 Å². The summed E-state index contributed by atoms with van der Waals surface area (Å²) in [5, 5.41) is 10.2. The summed E-state index contributed by atoms with van der Waals surface area (Å²) in [6.45, 7) is 6.19. The van der Waals surface area contributed by atoms with Crippen LogP contribution in [0.1, 0.15) is 52.9 Å². The molecule has 24 heavy (non-hydrogen) atoms. The lowest BCUT2D eigenvalue weighted by molar-refractivity contribution is -0.146. The maximum absolute atomic E-state index is 13.2. The standard InChI is InChI=1S/C21H28O3/c1-12(22)16-6-7-17-15-5-4-13-10-14(23)8-9-20(13,2)18(15)11-19(24)21(16,17)3/h4-5,10,12,15-18,22H,6-9,11H2,1-3H3/t12?,15-,16+,17-,18-,20-,21+/m0/s1. The molecular formula is C21H28O3. The topological polar surface area (TPSA) is 54.4 Å². The molecule has 7 atom stereocenters. The van der Waals surface area contributed by atoms with Crippen LogP contribution in [0.4, 0.5) is 0 Å². The van der Waals surface area contributed by atoms with E-state index in [1.807, 2.05) is 13.0 Å². The van der Waals surface area contributed by atoms with Crippen LogP contribution in [-0.4, -0.2) is 22.8 Å². The second-order valence-electron chi connectivity index (χ2n) is 8.97. The van der Waals surface area contributed by atoms with Gasteiger partial charge in [0, 0.05) is 18.3 Å². The van der Waals surface area contributed by atoms with Crippen molar-refractivity contribution in [3.05, 3.63) is 23.8 Å². The minimum absolute atomic E-state index is 0.0484. The lowest BCUT2D eigenvalue weighted by atomic mass is 9.48. The molecular weight excluding hydrogens is 300 g/mol. The molecule has 2 fully saturated rings. The zero-order valence-corrected chi connectivity index (χ0v) is 14.9. The molecule has 0 bridgehead atoms. The van der Waals surface area contributed by atoms with Crippen molar-refractivity contribution in [1.29, 1.82) is 0 Å². The summed E-state index contributed by atoms with van der Waals surface area (Å²) < 4.78 is 0. The van der Waals surface area contributed by atoms with Gasteiger partial charge in [-0.1, -0.05) is 26.0 Å². The largest absolute Gasteiger partial charge is 0.393 e. The Morgan fingerprint density at radius 2 is 1.96 bits per heavy atom. The van der Waals surface area contributed by atoms with Crippen molar-refractivity contribution in [3.8, 4) is 0 Å². The summed E-state index contributed by atoms with van der Waals surface area (Å²) in [6, 6.07) is 0. The molecule has 3 nitrogen and oxygen atoms in total. The number of Topliss-reactive ketones (excluding diaryl/α,β-unsaturated/α-hetero) is 1. The van der Waals surface area contributed by atoms with Crippen LogP contribution in [0.5, 0.6) is 0 Å². The Hall–Kier alpha value is -1.22. The van der Waals surface area contributed by atoms with Crippen LogP contribution < -0.4 is 0 Å². The summed E-state index contributed by atoms with van der Waals surface area (Å²) >= 11 is 0. The van der Waals surface area contributed by atoms with Crippen molar-refractivity contribution >= 4 is 11.6 Å². The predicted molar refractivity (Wildman–Crippen MR) is 92.2 cm³/mol. The Kier molecular flexibility index (Phi) is 3.48. The van der Waals surface area contributed by atoms with E-state index in [0.717, 1.165) is 24.8 Å². The van der Waals surface area contributed by atoms with Crippen LogP contribution in [0.25, 0.3) is 0 Å². The van der Waals surface area contributed by atoms with Crippen LogP contribution in [0.15, 0.2) is 23.8 Å². The molecule has 1 N–H and O–H groups in total. The normalized spacial score (nSPS) is 48.4. The number of aliphatic hydroxyl groups is 1. The van der Waals surface area contributed by atoms with Crippen molar-refractivity contribution < 1.29 is 14.7 Å². The Labute approximate surface area is 144 Å². The highest BCUT2D eigenvalue weighted by Crippen LogP contribution is 2.64. The molecule has 0 amide bonds. The number of carbonyl (C=O) groups excluding carboxylic acids is 2. The molecule has 0 aromatic heterocycles. The predicted octanol–water partition coefficient (Wildman–Crippen LogP) is 3.47. The first-order valence-electron chi connectivity index (χ1n) is 9.43. The number of rotatable bonds is 1. The minimum atomic E-state index is -0.425. The van der Waals surface area contributed by atoms with Crippen LogP contribution in [0, 0.1) is 34.5 Å². The van der Waals surface area contributed by atoms with E-state index in [1.54, 1.807) is 0 Å². The maximum atomic E-state index is 13.2. The lowest BCUT2D eigenvalue weighted by Crippen LogP contribution is -2.54. The number of allylic oxidation sites excluding steroid dienone is 4. The minimum Gasteiger partial charge on any atom is -0.393 e. The Balaban J connectivity index is 1.77. The van der Waals surface area contributed by atoms with Gasteiger partial charge < -0.3 is 5.11 Å². The maximum Gasteiger partial charge on any atom is 0.156 e. The fourth-order valence-electron chi connectivity index (χ4n) is 6.53. The van der Waals surface area contributed by atoms with Gasteiger partial charge in [0.05, 0.1) is 6.10 Å². The number of carbonyl (C=O) groups is 2. The molecule has 0 spiro atoms. The number of hydrogen-bond acceptors (Lipinski definition) is 3. The molecule has 4 aliphatic rings. The number of hydrogen-bond donors (Lipinski definition) is 1. The van der Waals surface area contributed by atoms with E-state index in [-0.39, 0.29) is 22.5 Å². The zero-order chi connectivity index (χ0) is 17.3. The van der Waals surface area contributed by atoms with Gasteiger partial charge in [-0.15, -0.1) is 0 Å². The van der Waals surface area contributed by atoms with Gasteiger partial charge in [0.25, 0.3) is 0 Å². The number of aliphatic hydroxyl groups excluding tert-OH is 1. The highest BCUT2D eigenvalue weighted by molar-refractivity contribution is 5.92. The third-order valence-corrected chi connectivity index (χ3v) is 8.03. The summed E-state index contributed by atoms with van der Waals surface area (Å²) in [5.74, 6) is 1.67. The Morgan fingerprint density at radius 1 is 1.21 bits per heavy atom. The first kappa shape index (κ1) is 16.3. The van der Waals surface area contributed by atoms with Gasteiger partial charge in [-0.05, 0) is 66.9 Å². The van der Waals surface area contributed by atoms with Crippen LogP contribution >= 0.6 is 0 Å². The van der Waals surface area contributed by atoms with E-state index in [4.69, 9.17) is 0 Å². The quantitative estimate of drug-likeness (QED) is 0.802. The third kappa shape index (κ3) is 1.94. The molecule has 0 radical (unpaired) electrons. The average molecular weight is 328 g/mol. The molecule has 0 aromatic carbocycles. The van der Waals surface area contributed by atoms with E-state index >= 15 is 0 Å². The highest BCUT2D eigenvalue weighted by atomic mass is 16.3. The van der Waals surface area contributed by atoms with Gasteiger partial charge in [-0.25, -0.2) is 0 Å². The van der Waals surface area contributed by atoms with E-state index in [0.29, 0.717) is 36.4 Å². The van der Waals surface area contributed by atoms with Crippen LogP contribution in [-0.2, 0) is 9.59 Å². The van der Waals surface area contributed by atoms with Gasteiger partial charge >= 0.3 is 0 Å². The fraction of sp³-hybridized carbons (Fsp3) is 0.714. The van der Waals surface area contributed by atoms with Crippen LogP contribution in [0.2, 0.25) is 0 Å². The average Bonchev–Trinajstić information content (AvgIpc) is 2.88. The third-order valence-electron chi connectivity index (χ3n) is 8.03. The second kappa shape index (κ2) is 5.14. The van der Waals surface area contributed by atoms with E-state index < -0.39 is 6.10 Å².